The van der Waals surface area contributed by atoms with Crippen LogP contribution in [0.15, 0.2) is 36.4 Å². The van der Waals surface area contributed by atoms with E-state index in [1.165, 1.54) is 6.07 Å². The van der Waals surface area contributed by atoms with Crippen LogP contribution in [-0.2, 0) is 12.0 Å². The molecule has 1 atom stereocenters. The van der Waals surface area contributed by atoms with Crippen molar-refractivity contribution in [3.05, 3.63) is 68.8 Å². The fourth-order valence-corrected chi connectivity index (χ4v) is 3.52. The molecule has 27 heavy (non-hydrogen) atoms. The molecule has 142 valence electrons. The number of nitrogens with zero attached hydrogens (tertiary/aromatic N) is 1. The normalized spacial score (nSPS) is 18.5. The van der Waals surface area contributed by atoms with E-state index in [0.29, 0.717) is 12.0 Å². The van der Waals surface area contributed by atoms with Crippen LogP contribution < -0.4 is 10.1 Å². The molecule has 0 aliphatic heterocycles. The van der Waals surface area contributed by atoms with Crippen molar-refractivity contribution in [3.63, 3.8) is 0 Å². The first kappa shape index (κ1) is 18.8. The number of carbonyl (C=O) groups excluding carboxylic acids is 1. The molecule has 0 fully saturated rings. The SMILES string of the molecule is COc1ccc2c(c1)CCCC2(O)CNC(=O)c1ccc(C)c([N+](=O)[O-])c1. The van der Waals surface area contributed by atoms with Gasteiger partial charge >= 0.3 is 0 Å². The highest BCUT2D eigenvalue weighted by molar-refractivity contribution is 5.95. The Hall–Kier alpha value is -2.93. The average molecular weight is 370 g/mol. The number of nitro groups is 1. The molecule has 0 saturated carbocycles. The van der Waals surface area contributed by atoms with Gasteiger partial charge in [-0.2, -0.15) is 0 Å². The number of fused-ring (bicyclic) bond motifs is 1. The fraction of sp³-hybridized carbons (Fsp3) is 0.350. The summed E-state index contributed by atoms with van der Waals surface area (Å²) in [5.74, 6) is 0.279. The predicted molar refractivity (Wildman–Crippen MR) is 100.0 cm³/mol. The van der Waals surface area contributed by atoms with Crippen LogP contribution in [0.5, 0.6) is 5.75 Å². The third-order valence-corrected chi connectivity index (χ3v) is 5.06. The van der Waals surface area contributed by atoms with Gasteiger partial charge < -0.3 is 15.2 Å². The molecular formula is C20H22N2O5. The standard InChI is InChI=1S/C20H22N2O5/c1-13-5-6-15(11-18(13)22(25)26)19(23)21-12-20(24)9-3-4-14-10-16(27-2)7-8-17(14)20/h5-8,10-11,24H,3-4,9,12H2,1-2H3,(H,21,23). The van der Waals surface area contributed by atoms with Crippen molar-refractivity contribution in [2.75, 3.05) is 13.7 Å². The topological polar surface area (TPSA) is 102 Å². The Morgan fingerprint density at radius 3 is 2.81 bits per heavy atom. The summed E-state index contributed by atoms with van der Waals surface area (Å²) < 4.78 is 5.24. The maximum atomic E-state index is 12.5. The van der Waals surface area contributed by atoms with E-state index < -0.39 is 16.4 Å². The molecule has 0 heterocycles. The summed E-state index contributed by atoms with van der Waals surface area (Å²) in [7, 11) is 1.59. The monoisotopic (exact) mass is 370 g/mol. The first-order chi connectivity index (χ1) is 12.8. The Balaban J connectivity index is 1.78. The largest absolute Gasteiger partial charge is 0.497 e. The van der Waals surface area contributed by atoms with Crippen molar-refractivity contribution >= 4 is 11.6 Å². The van der Waals surface area contributed by atoms with Crippen LogP contribution in [0.25, 0.3) is 0 Å². The van der Waals surface area contributed by atoms with Crippen LogP contribution in [0.2, 0.25) is 0 Å². The molecule has 1 unspecified atom stereocenters. The first-order valence-electron chi connectivity index (χ1n) is 8.77. The van der Waals surface area contributed by atoms with Gasteiger partial charge in [-0.3, -0.25) is 14.9 Å². The van der Waals surface area contributed by atoms with Crippen LogP contribution in [0.1, 0.15) is 39.9 Å². The number of aryl methyl sites for hydroxylation is 2. The summed E-state index contributed by atoms with van der Waals surface area (Å²) in [6.45, 7) is 1.66. The smallest absolute Gasteiger partial charge is 0.273 e. The Morgan fingerprint density at radius 1 is 1.33 bits per heavy atom. The Labute approximate surface area is 157 Å². The van der Waals surface area contributed by atoms with Crippen LogP contribution in [0, 0.1) is 17.0 Å². The molecule has 1 amide bonds. The molecular weight excluding hydrogens is 348 g/mol. The Bertz CT molecular complexity index is 896. The summed E-state index contributed by atoms with van der Waals surface area (Å²) in [5, 5.41) is 24.9. The van der Waals surface area contributed by atoms with Crippen LogP contribution >= 0.6 is 0 Å². The van der Waals surface area contributed by atoms with Crippen LogP contribution in [0.3, 0.4) is 0 Å². The second-order valence-corrected chi connectivity index (χ2v) is 6.85. The molecule has 2 N–H and O–H groups in total. The number of nitrogens with one attached hydrogen (secondary N) is 1. The van der Waals surface area contributed by atoms with Gasteiger partial charge in [0.05, 0.1) is 18.6 Å². The summed E-state index contributed by atoms with van der Waals surface area (Å²) in [6.07, 6.45) is 2.16. The lowest BCUT2D eigenvalue weighted by Gasteiger charge is -2.35. The van der Waals surface area contributed by atoms with Gasteiger partial charge in [-0.1, -0.05) is 12.1 Å². The van der Waals surface area contributed by atoms with E-state index in [1.54, 1.807) is 32.2 Å². The number of amides is 1. The number of methoxy groups -OCH3 is 1. The van der Waals surface area contributed by atoms with E-state index >= 15 is 0 Å². The minimum Gasteiger partial charge on any atom is -0.497 e. The maximum absolute atomic E-state index is 12.5. The zero-order chi connectivity index (χ0) is 19.6. The lowest BCUT2D eigenvalue weighted by molar-refractivity contribution is -0.385. The quantitative estimate of drug-likeness (QED) is 0.622. The minimum absolute atomic E-state index is 0.0346. The number of aliphatic hydroxyl groups is 1. The molecule has 7 heteroatoms. The van der Waals surface area contributed by atoms with E-state index in [9.17, 15) is 20.0 Å². The molecule has 0 radical (unpaired) electrons. The zero-order valence-corrected chi connectivity index (χ0v) is 15.3. The van der Waals surface area contributed by atoms with Gasteiger partial charge in [0, 0.05) is 17.2 Å². The Morgan fingerprint density at radius 2 is 2.11 bits per heavy atom. The number of hydrogen-bond acceptors (Lipinski definition) is 5. The predicted octanol–water partition coefficient (Wildman–Crippen LogP) is 2.87. The minimum atomic E-state index is -1.17. The number of carbonyl (C=O) groups is 1. The third-order valence-electron chi connectivity index (χ3n) is 5.06. The molecule has 1 aliphatic carbocycles. The van der Waals surface area contributed by atoms with Crippen molar-refractivity contribution in [1.82, 2.24) is 5.32 Å². The van der Waals surface area contributed by atoms with E-state index in [4.69, 9.17) is 4.74 Å². The molecule has 3 rings (SSSR count). The molecule has 1 aliphatic rings. The maximum Gasteiger partial charge on any atom is 0.273 e. The highest BCUT2D eigenvalue weighted by atomic mass is 16.6. The van der Waals surface area contributed by atoms with E-state index in [-0.39, 0.29) is 17.8 Å². The number of hydrogen-bond donors (Lipinski definition) is 2. The van der Waals surface area contributed by atoms with Crippen LogP contribution in [0.4, 0.5) is 5.69 Å². The fourth-order valence-electron chi connectivity index (χ4n) is 3.52. The van der Waals surface area contributed by atoms with Crippen molar-refractivity contribution in [1.29, 1.82) is 0 Å². The first-order valence-corrected chi connectivity index (χ1v) is 8.77. The second kappa shape index (κ2) is 7.36. The number of ether oxygens (including phenoxy) is 1. The zero-order valence-electron chi connectivity index (χ0n) is 15.3. The highest BCUT2D eigenvalue weighted by Crippen LogP contribution is 2.36. The molecule has 0 spiro atoms. The highest BCUT2D eigenvalue weighted by Gasteiger charge is 2.35. The van der Waals surface area contributed by atoms with Crippen molar-refractivity contribution in [2.24, 2.45) is 0 Å². The lowest BCUT2D eigenvalue weighted by Crippen LogP contribution is -2.43. The molecule has 7 nitrogen and oxygen atoms in total. The summed E-state index contributed by atoms with van der Waals surface area (Å²) in [6, 6.07) is 9.88. The van der Waals surface area contributed by atoms with Gasteiger partial charge in [-0.15, -0.1) is 0 Å². The van der Waals surface area contributed by atoms with E-state index in [0.717, 1.165) is 29.7 Å². The molecule has 0 saturated heterocycles. The van der Waals surface area contributed by atoms with Crippen molar-refractivity contribution in [3.8, 4) is 5.75 Å². The van der Waals surface area contributed by atoms with E-state index in [1.807, 2.05) is 12.1 Å². The summed E-state index contributed by atoms with van der Waals surface area (Å²) in [5.41, 5.74) is 1.20. The summed E-state index contributed by atoms with van der Waals surface area (Å²) >= 11 is 0. The molecule has 2 aromatic rings. The van der Waals surface area contributed by atoms with Gasteiger partial charge in [0.2, 0.25) is 0 Å². The second-order valence-electron chi connectivity index (χ2n) is 6.85. The van der Waals surface area contributed by atoms with Gasteiger partial charge in [-0.05, 0) is 55.5 Å². The number of benzene rings is 2. The lowest BCUT2D eigenvalue weighted by atomic mass is 9.79. The van der Waals surface area contributed by atoms with Crippen molar-refractivity contribution in [2.45, 2.75) is 31.8 Å². The van der Waals surface area contributed by atoms with Gasteiger partial charge in [0.15, 0.2) is 0 Å². The van der Waals surface area contributed by atoms with Gasteiger partial charge in [0.25, 0.3) is 11.6 Å². The summed E-state index contributed by atoms with van der Waals surface area (Å²) in [4.78, 5) is 23.0. The van der Waals surface area contributed by atoms with Gasteiger partial charge in [-0.25, -0.2) is 0 Å². The number of nitro benzene ring substituents is 1. The number of rotatable bonds is 5. The van der Waals surface area contributed by atoms with E-state index in [2.05, 4.69) is 5.32 Å². The molecule has 0 aromatic heterocycles. The van der Waals surface area contributed by atoms with Crippen molar-refractivity contribution < 1.29 is 19.6 Å². The van der Waals surface area contributed by atoms with Gasteiger partial charge in [0.1, 0.15) is 11.4 Å². The average Bonchev–Trinajstić information content (AvgIpc) is 2.66. The Kier molecular flexibility index (Phi) is 5.14. The molecule has 2 aromatic carbocycles. The molecule has 0 bridgehead atoms. The van der Waals surface area contributed by atoms with Crippen LogP contribution in [-0.4, -0.2) is 29.6 Å². The third kappa shape index (κ3) is 3.78.